The van der Waals surface area contributed by atoms with E-state index in [1.54, 1.807) is 31.2 Å². The molecular weight excluding hydrogens is 312 g/mol. The van der Waals surface area contributed by atoms with Crippen molar-refractivity contribution in [2.45, 2.75) is 32.4 Å². The number of benzene rings is 2. The van der Waals surface area contributed by atoms with E-state index in [0.29, 0.717) is 23.1 Å². The first-order chi connectivity index (χ1) is 12.1. The highest BCUT2D eigenvalue weighted by molar-refractivity contribution is 5.81. The largest absolute Gasteiger partial charge is 0.481 e. The van der Waals surface area contributed by atoms with E-state index in [-0.39, 0.29) is 11.9 Å². The monoisotopic (exact) mass is 334 g/mol. The van der Waals surface area contributed by atoms with Gasteiger partial charge in [0.1, 0.15) is 5.75 Å². The minimum Gasteiger partial charge on any atom is -0.481 e. The van der Waals surface area contributed by atoms with E-state index in [9.17, 15) is 4.79 Å². The number of rotatable bonds is 6. The lowest BCUT2D eigenvalue weighted by Gasteiger charge is -2.22. The fourth-order valence-electron chi connectivity index (χ4n) is 3.05. The van der Waals surface area contributed by atoms with Gasteiger partial charge in [-0.3, -0.25) is 4.79 Å². The van der Waals surface area contributed by atoms with Crippen molar-refractivity contribution in [3.63, 3.8) is 0 Å². The summed E-state index contributed by atoms with van der Waals surface area (Å²) >= 11 is 0. The van der Waals surface area contributed by atoms with Crippen LogP contribution >= 0.6 is 0 Å². The van der Waals surface area contributed by atoms with Gasteiger partial charge >= 0.3 is 0 Å². The Kier molecular flexibility index (Phi) is 5.04. The van der Waals surface area contributed by atoms with Crippen LogP contribution in [0.3, 0.4) is 0 Å². The lowest BCUT2D eigenvalue weighted by atomic mass is 10.0. The normalized spacial score (nSPS) is 20.8. The molecule has 0 radical (unpaired) electrons. The van der Waals surface area contributed by atoms with Gasteiger partial charge < -0.3 is 10.1 Å². The van der Waals surface area contributed by atoms with Gasteiger partial charge in [-0.1, -0.05) is 37.3 Å². The Balaban J connectivity index is 1.65. The van der Waals surface area contributed by atoms with Crippen LogP contribution in [0.25, 0.3) is 0 Å². The smallest absolute Gasteiger partial charge is 0.261 e. The Morgan fingerprint density at radius 1 is 1.20 bits per heavy atom. The van der Waals surface area contributed by atoms with Crippen molar-refractivity contribution in [1.82, 2.24) is 5.32 Å². The van der Waals surface area contributed by atoms with Crippen molar-refractivity contribution in [2.24, 2.45) is 11.8 Å². The molecular formula is C21H22N2O2. The van der Waals surface area contributed by atoms with Gasteiger partial charge in [0.15, 0.2) is 6.10 Å². The van der Waals surface area contributed by atoms with Crippen molar-refractivity contribution in [3.05, 3.63) is 65.7 Å². The zero-order valence-electron chi connectivity index (χ0n) is 14.5. The highest BCUT2D eigenvalue weighted by Crippen LogP contribution is 2.46. The van der Waals surface area contributed by atoms with Crippen molar-refractivity contribution in [3.8, 4) is 11.8 Å². The van der Waals surface area contributed by atoms with Crippen molar-refractivity contribution >= 4 is 5.91 Å². The number of amides is 1. The summed E-state index contributed by atoms with van der Waals surface area (Å²) in [6.07, 6.45) is 0.526. The molecule has 1 fully saturated rings. The highest BCUT2D eigenvalue weighted by Gasteiger charge is 2.41. The van der Waals surface area contributed by atoms with Gasteiger partial charge in [-0.15, -0.1) is 0 Å². The number of ether oxygens (including phenoxy) is 1. The topological polar surface area (TPSA) is 62.1 Å². The predicted octanol–water partition coefficient (Wildman–Crippen LogP) is 3.84. The number of carbonyl (C=O) groups excluding carboxylic acids is 1. The minimum atomic E-state index is -0.604. The molecule has 0 saturated heterocycles. The lowest BCUT2D eigenvalue weighted by Crippen LogP contribution is -2.39. The number of carbonyl (C=O) groups is 1. The van der Waals surface area contributed by atoms with Crippen LogP contribution < -0.4 is 10.1 Å². The van der Waals surface area contributed by atoms with E-state index < -0.39 is 6.10 Å². The second kappa shape index (κ2) is 7.40. The van der Waals surface area contributed by atoms with Crippen LogP contribution in [0.1, 0.15) is 37.4 Å². The lowest BCUT2D eigenvalue weighted by molar-refractivity contribution is -0.128. The SMILES string of the molecule is CC(Oc1ccc(C#N)cc1)C(=O)NC(c1ccccc1)C1CC1C. The Morgan fingerprint density at radius 3 is 2.40 bits per heavy atom. The first-order valence-electron chi connectivity index (χ1n) is 8.60. The molecule has 128 valence electrons. The molecule has 2 aromatic rings. The quantitative estimate of drug-likeness (QED) is 0.873. The Bertz CT molecular complexity index is 765. The average molecular weight is 334 g/mol. The molecule has 1 saturated carbocycles. The standard InChI is InChI=1S/C21H22N2O2/c1-14-12-19(14)20(17-6-4-3-5-7-17)23-21(24)15(2)25-18-10-8-16(13-22)9-11-18/h3-11,14-15,19-20H,12H2,1-2H3,(H,23,24). The summed E-state index contributed by atoms with van der Waals surface area (Å²) in [4.78, 5) is 12.6. The maximum Gasteiger partial charge on any atom is 0.261 e. The molecule has 0 spiro atoms. The van der Waals surface area contributed by atoms with E-state index in [1.165, 1.54) is 0 Å². The molecule has 4 nitrogen and oxygen atoms in total. The Labute approximate surface area is 148 Å². The van der Waals surface area contributed by atoms with Crippen LogP contribution in [0.15, 0.2) is 54.6 Å². The fourth-order valence-corrected chi connectivity index (χ4v) is 3.05. The summed E-state index contributed by atoms with van der Waals surface area (Å²) in [5.74, 6) is 1.56. The first-order valence-corrected chi connectivity index (χ1v) is 8.60. The molecule has 2 aromatic carbocycles. The van der Waals surface area contributed by atoms with Gasteiger partial charge in [0.2, 0.25) is 0 Å². The number of nitrogens with one attached hydrogen (secondary N) is 1. The van der Waals surface area contributed by atoms with E-state index in [1.807, 2.05) is 18.2 Å². The van der Waals surface area contributed by atoms with Crippen molar-refractivity contribution in [1.29, 1.82) is 5.26 Å². The number of hydrogen-bond donors (Lipinski definition) is 1. The second-order valence-corrected chi connectivity index (χ2v) is 6.67. The highest BCUT2D eigenvalue weighted by atomic mass is 16.5. The Hall–Kier alpha value is -2.80. The van der Waals surface area contributed by atoms with Crippen LogP contribution in [0.5, 0.6) is 5.75 Å². The molecule has 4 unspecified atom stereocenters. The van der Waals surface area contributed by atoms with Crippen LogP contribution in [-0.4, -0.2) is 12.0 Å². The molecule has 4 heteroatoms. The minimum absolute atomic E-state index is 0.0238. The van der Waals surface area contributed by atoms with E-state index in [4.69, 9.17) is 10.00 Å². The van der Waals surface area contributed by atoms with Gasteiger partial charge in [-0.25, -0.2) is 0 Å². The maximum atomic E-state index is 12.6. The van der Waals surface area contributed by atoms with Gasteiger partial charge in [-0.2, -0.15) is 5.26 Å². The molecule has 1 aliphatic rings. The molecule has 0 aliphatic heterocycles. The van der Waals surface area contributed by atoms with Crippen LogP contribution in [0.2, 0.25) is 0 Å². The summed E-state index contributed by atoms with van der Waals surface area (Å²) in [7, 11) is 0. The van der Waals surface area contributed by atoms with Gasteiger partial charge in [-0.05, 0) is 55.0 Å². The number of nitrogens with zero attached hydrogens (tertiary/aromatic N) is 1. The maximum absolute atomic E-state index is 12.6. The van der Waals surface area contributed by atoms with E-state index in [2.05, 4.69) is 30.4 Å². The third-order valence-corrected chi connectivity index (χ3v) is 4.72. The number of nitriles is 1. The molecule has 0 aromatic heterocycles. The number of hydrogen-bond acceptors (Lipinski definition) is 3. The molecule has 3 rings (SSSR count). The van der Waals surface area contributed by atoms with Crippen LogP contribution in [0, 0.1) is 23.2 Å². The van der Waals surface area contributed by atoms with Gasteiger partial charge in [0.05, 0.1) is 17.7 Å². The summed E-state index contributed by atoms with van der Waals surface area (Å²) in [6.45, 7) is 3.95. The molecule has 0 bridgehead atoms. The molecule has 1 aliphatic carbocycles. The van der Waals surface area contributed by atoms with Crippen LogP contribution in [0.4, 0.5) is 0 Å². The van der Waals surface area contributed by atoms with Crippen molar-refractivity contribution < 1.29 is 9.53 Å². The summed E-state index contributed by atoms with van der Waals surface area (Å²) in [5.41, 5.74) is 1.70. The molecule has 4 atom stereocenters. The zero-order chi connectivity index (χ0) is 17.8. The summed E-state index contributed by atoms with van der Waals surface area (Å²) < 4.78 is 5.72. The summed E-state index contributed by atoms with van der Waals surface area (Å²) in [5, 5.41) is 12.0. The third kappa shape index (κ3) is 4.19. The molecule has 25 heavy (non-hydrogen) atoms. The molecule has 0 heterocycles. The van der Waals surface area contributed by atoms with Crippen molar-refractivity contribution in [2.75, 3.05) is 0 Å². The second-order valence-electron chi connectivity index (χ2n) is 6.67. The van der Waals surface area contributed by atoms with Gasteiger partial charge in [0, 0.05) is 0 Å². The predicted molar refractivity (Wildman–Crippen MR) is 95.8 cm³/mol. The van der Waals surface area contributed by atoms with E-state index in [0.717, 1.165) is 12.0 Å². The third-order valence-electron chi connectivity index (χ3n) is 4.72. The zero-order valence-corrected chi connectivity index (χ0v) is 14.5. The van der Waals surface area contributed by atoms with Gasteiger partial charge in [0.25, 0.3) is 5.91 Å². The molecule has 1 N–H and O–H groups in total. The Morgan fingerprint density at radius 2 is 1.84 bits per heavy atom. The summed E-state index contributed by atoms with van der Waals surface area (Å²) in [6, 6.07) is 19.0. The van der Waals surface area contributed by atoms with Crippen LogP contribution in [-0.2, 0) is 4.79 Å². The first kappa shape index (κ1) is 17.0. The average Bonchev–Trinajstić information content (AvgIpc) is 3.37. The van der Waals surface area contributed by atoms with E-state index >= 15 is 0 Å². The fraction of sp³-hybridized carbons (Fsp3) is 0.333. The molecule has 1 amide bonds.